The number of carbonyl (C=O) groups is 1. The summed E-state index contributed by atoms with van der Waals surface area (Å²) in [6.45, 7) is 3.99. The van der Waals surface area contributed by atoms with Crippen LogP contribution < -0.4 is 4.90 Å². The fourth-order valence-electron chi connectivity index (χ4n) is 4.19. The zero-order valence-electron chi connectivity index (χ0n) is 22.0. The molecule has 0 radical (unpaired) electrons. The second-order valence-electron chi connectivity index (χ2n) is 9.35. The Balaban J connectivity index is 1.34. The Kier molecular flexibility index (Phi) is 7.44. The number of hydrogen-bond donors (Lipinski definition) is 0. The average Bonchev–Trinajstić information content (AvgIpc) is 3.51. The number of nitrogens with zero attached hydrogens (tertiary/aromatic N) is 4. The highest BCUT2D eigenvalue weighted by Crippen LogP contribution is 2.41. The number of anilines is 1. The number of aromatic nitrogens is 1. The summed E-state index contributed by atoms with van der Waals surface area (Å²) in [5.74, 6) is -0.236. The Morgan fingerprint density at radius 3 is 2.37 bits per heavy atom. The summed E-state index contributed by atoms with van der Waals surface area (Å²) >= 11 is 4.01. The Hall–Kier alpha value is -4.25. The number of thiazole rings is 1. The molecule has 0 aliphatic carbocycles. The molecule has 0 bridgehead atoms. The number of thioether (sulfide) groups is 1. The number of para-hydroxylation sites is 1. The maximum absolute atomic E-state index is 13.7. The Morgan fingerprint density at radius 2 is 1.66 bits per heavy atom. The minimum absolute atomic E-state index is 0.0389. The lowest BCUT2D eigenvalue weighted by Crippen LogP contribution is -2.28. The van der Waals surface area contributed by atoms with Crippen molar-refractivity contribution in [2.45, 2.75) is 23.1 Å². The van der Waals surface area contributed by atoms with Crippen molar-refractivity contribution in [2.75, 3.05) is 4.90 Å². The molecule has 1 aromatic heterocycles. The quantitative estimate of drug-likeness (QED) is 0.111. The Morgan fingerprint density at radius 1 is 0.951 bits per heavy atom. The van der Waals surface area contributed by atoms with Crippen LogP contribution in [0.25, 0.3) is 16.3 Å². The second kappa shape index (κ2) is 11.3. The van der Waals surface area contributed by atoms with Crippen LogP contribution in [-0.4, -0.2) is 21.0 Å². The van der Waals surface area contributed by atoms with Gasteiger partial charge in [-0.3, -0.25) is 19.8 Å². The van der Waals surface area contributed by atoms with Gasteiger partial charge in [-0.15, -0.1) is 11.3 Å². The van der Waals surface area contributed by atoms with Gasteiger partial charge in [-0.1, -0.05) is 65.4 Å². The molecule has 1 aliphatic rings. The number of hydrogen-bond acceptors (Lipinski definition) is 8. The number of rotatable bonds is 6. The summed E-state index contributed by atoms with van der Waals surface area (Å²) in [5.41, 5.74) is 5.02. The van der Waals surface area contributed by atoms with E-state index in [9.17, 15) is 14.9 Å². The van der Waals surface area contributed by atoms with Gasteiger partial charge in [0.15, 0.2) is 9.51 Å². The molecule has 2 heterocycles. The highest BCUT2D eigenvalue weighted by atomic mass is 32.2. The summed E-state index contributed by atoms with van der Waals surface area (Å²) in [7, 11) is 0. The number of nitro benzene ring substituents is 1. The Bertz CT molecular complexity index is 1830. The third-order valence-corrected chi connectivity index (χ3v) is 9.44. The number of carbonyl (C=O) groups excluding carboxylic acids is 1. The lowest BCUT2D eigenvalue weighted by atomic mass is 10.1. The van der Waals surface area contributed by atoms with Crippen LogP contribution >= 0.6 is 34.9 Å². The van der Waals surface area contributed by atoms with Crippen molar-refractivity contribution in [1.29, 1.82) is 0 Å². The topological polar surface area (TPSA) is 88.7 Å². The molecule has 0 unspecified atom stereocenters. The first-order valence-electron chi connectivity index (χ1n) is 12.6. The minimum atomic E-state index is -0.399. The third-order valence-electron chi connectivity index (χ3n) is 6.31. The number of amides is 1. The van der Waals surface area contributed by atoms with Gasteiger partial charge in [0, 0.05) is 6.07 Å². The van der Waals surface area contributed by atoms with Crippen molar-refractivity contribution < 1.29 is 9.72 Å². The standard InChI is InChI=1S/C31H22N4O3S3/c1-19-7-12-22(13-8-19)32-30-34(23-14-9-20(2)10-15-23)29(36)28(39-30)18-21-11-16-27(25(17-21)35(37)38)41-31-33-24-5-3-4-6-26(24)40-31/h3-18H,1-2H3/b28-18-,32-30?. The molecule has 1 amide bonds. The molecular formula is C31H22N4O3S3. The molecule has 1 saturated heterocycles. The lowest BCUT2D eigenvalue weighted by molar-refractivity contribution is -0.387. The van der Waals surface area contributed by atoms with Gasteiger partial charge >= 0.3 is 0 Å². The zero-order chi connectivity index (χ0) is 28.5. The molecule has 7 nitrogen and oxygen atoms in total. The molecule has 202 valence electrons. The van der Waals surface area contributed by atoms with Gasteiger partial charge in [0.05, 0.1) is 36.3 Å². The molecule has 41 heavy (non-hydrogen) atoms. The molecule has 1 fully saturated rings. The first-order valence-corrected chi connectivity index (χ1v) is 15.1. The van der Waals surface area contributed by atoms with Crippen LogP contribution in [0.5, 0.6) is 0 Å². The van der Waals surface area contributed by atoms with Crippen LogP contribution in [0.2, 0.25) is 0 Å². The van der Waals surface area contributed by atoms with Gasteiger partial charge in [0.25, 0.3) is 11.6 Å². The van der Waals surface area contributed by atoms with Gasteiger partial charge in [0.1, 0.15) is 0 Å². The summed E-state index contributed by atoms with van der Waals surface area (Å²) < 4.78 is 1.75. The summed E-state index contributed by atoms with van der Waals surface area (Å²) in [6.07, 6.45) is 1.69. The Labute approximate surface area is 248 Å². The van der Waals surface area contributed by atoms with Crippen molar-refractivity contribution in [3.05, 3.63) is 123 Å². The normalized spacial score (nSPS) is 15.4. The van der Waals surface area contributed by atoms with E-state index in [2.05, 4.69) is 4.98 Å². The minimum Gasteiger partial charge on any atom is -0.268 e. The van der Waals surface area contributed by atoms with E-state index in [4.69, 9.17) is 4.99 Å². The highest BCUT2D eigenvalue weighted by Gasteiger charge is 2.35. The lowest BCUT2D eigenvalue weighted by Gasteiger charge is -2.16. The highest BCUT2D eigenvalue weighted by molar-refractivity contribution is 8.19. The number of fused-ring (bicyclic) bond motifs is 1. The summed E-state index contributed by atoms with van der Waals surface area (Å²) in [6, 6.07) is 28.2. The summed E-state index contributed by atoms with van der Waals surface area (Å²) in [5, 5.41) is 12.6. The molecule has 0 N–H and O–H groups in total. The van der Waals surface area contributed by atoms with Crippen molar-refractivity contribution in [1.82, 2.24) is 4.98 Å². The van der Waals surface area contributed by atoms with Crippen LogP contribution in [0.15, 0.2) is 110 Å². The molecule has 10 heteroatoms. The number of amidine groups is 1. The van der Waals surface area contributed by atoms with Gasteiger partial charge < -0.3 is 0 Å². The van der Waals surface area contributed by atoms with E-state index in [1.807, 2.05) is 86.6 Å². The van der Waals surface area contributed by atoms with Crippen molar-refractivity contribution in [3.8, 4) is 0 Å². The molecule has 6 rings (SSSR count). The average molecular weight is 595 g/mol. The van der Waals surface area contributed by atoms with E-state index < -0.39 is 4.92 Å². The third kappa shape index (κ3) is 5.81. The van der Waals surface area contributed by atoms with E-state index in [0.29, 0.717) is 26.2 Å². The number of aryl methyl sites for hydroxylation is 2. The van der Waals surface area contributed by atoms with Gasteiger partial charge in [0.2, 0.25) is 0 Å². The SMILES string of the molecule is Cc1ccc(N=C2S/C(=C\c3ccc(Sc4nc5ccccc5s4)c([N+](=O)[O-])c3)C(=O)N2c2ccc(C)cc2)cc1. The van der Waals surface area contributed by atoms with Gasteiger partial charge in [-0.05, 0) is 79.7 Å². The molecule has 0 atom stereocenters. The molecule has 5 aromatic rings. The zero-order valence-corrected chi connectivity index (χ0v) is 24.4. The second-order valence-corrected chi connectivity index (χ2v) is 12.7. The molecular weight excluding hydrogens is 573 g/mol. The summed E-state index contributed by atoms with van der Waals surface area (Å²) in [4.78, 5) is 37.2. The van der Waals surface area contributed by atoms with E-state index in [1.165, 1.54) is 40.9 Å². The first-order chi connectivity index (χ1) is 19.8. The van der Waals surface area contributed by atoms with Crippen molar-refractivity contribution in [2.24, 2.45) is 4.99 Å². The van der Waals surface area contributed by atoms with Crippen LogP contribution in [0, 0.1) is 24.0 Å². The van der Waals surface area contributed by atoms with Crippen LogP contribution in [0.4, 0.5) is 17.1 Å². The fourth-order valence-corrected chi connectivity index (χ4v) is 7.30. The molecule has 0 spiro atoms. The van der Waals surface area contributed by atoms with Crippen molar-refractivity contribution >= 4 is 79.3 Å². The first kappa shape index (κ1) is 26.9. The van der Waals surface area contributed by atoms with Gasteiger partial charge in [-0.2, -0.15) is 0 Å². The van der Waals surface area contributed by atoms with E-state index in [1.54, 1.807) is 23.1 Å². The number of nitro groups is 1. The largest absolute Gasteiger partial charge is 0.283 e. The smallest absolute Gasteiger partial charge is 0.268 e. The predicted molar refractivity (Wildman–Crippen MR) is 169 cm³/mol. The predicted octanol–water partition coefficient (Wildman–Crippen LogP) is 8.78. The molecule has 4 aromatic carbocycles. The fraction of sp³-hybridized carbons (Fsp3) is 0.0645. The van der Waals surface area contributed by atoms with Crippen LogP contribution in [-0.2, 0) is 4.79 Å². The van der Waals surface area contributed by atoms with E-state index in [0.717, 1.165) is 31.4 Å². The number of aliphatic imine (C=N–C) groups is 1. The van der Waals surface area contributed by atoms with E-state index >= 15 is 0 Å². The van der Waals surface area contributed by atoms with Crippen molar-refractivity contribution in [3.63, 3.8) is 0 Å². The number of benzene rings is 4. The van der Waals surface area contributed by atoms with Gasteiger partial charge in [-0.25, -0.2) is 9.98 Å². The van der Waals surface area contributed by atoms with E-state index in [-0.39, 0.29) is 11.6 Å². The van der Waals surface area contributed by atoms with Crippen LogP contribution in [0.1, 0.15) is 16.7 Å². The van der Waals surface area contributed by atoms with Crippen LogP contribution in [0.3, 0.4) is 0 Å². The molecule has 0 saturated carbocycles. The maximum atomic E-state index is 13.7. The monoisotopic (exact) mass is 594 g/mol. The maximum Gasteiger partial charge on any atom is 0.283 e. The molecule has 1 aliphatic heterocycles.